The van der Waals surface area contributed by atoms with Gasteiger partial charge in [0.15, 0.2) is 5.82 Å². The van der Waals surface area contributed by atoms with E-state index in [1.165, 1.54) is 37.1 Å². The standard InChI is InChI=1S/C9H14N2.C8H12N2O.C2H6/c1-3-8-6-9(7-4-5-7)11(2)10-8;1-5(2)7-9-8(11-10-7)6-3-4-6;1-2/h6-7H,3-5H2,1-2H3;5-6H,3-4H2,1-2H3;1-2H3. The van der Waals surface area contributed by atoms with Crippen LogP contribution >= 0.6 is 0 Å². The molecule has 5 heteroatoms. The van der Waals surface area contributed by atoms with Crippen LogP contribution in [0.2, 0.25) is 0 Å². The average Bonchev–Trinajstić information content (AvgIpc) is 3.53. The summed E-state index contributed by atoms with van der Waals surface area (Å²) in [5.41, 5.74) is 2.66. The van der Waals surface area contributed by atoms with Crippen molar-refractivity contribution in [3.05, 3.63) is 29.2 Å². The molecular formula is C19H32N4O. The molecule has 4 rings (SSSR count). The largest absolute Gasteiger partial charge is 0.339 e. The second-order valence-electron chi connectivity index (χ2n) is 6.73. The lowest BCUT2D eigenvalue weighted by molar-refractivity contribution is 0.372. The molecule has 24 heavy (non-hydrogen) atoms. The molecule has 0 unspecified atom stereocenters. The summed E-state index contributed by atoms with van der Waals surface area (Å²) in [5, 5.41) is 8.30. The predicted octanol–water partition coefficient (Wildman–Crippen LogP) is 4.96. The Morgan fingerprint density at radius 1 is 1.17 bits per heavy atom. The molecule has 2 aliphatic carbocycles. The van der Waals surface area contributed by atoms with Gasteiger partial charge < -0.3 is 4.52 Å². The number of aromatic nitrogens is 4. The van der Waals surface area contributed by atoms with Crippen molar-refractivity contribution in [2.75, 3.05) is 0 Å². The number of nitrogens with zero attached hydrogens (tertiary/aromatic N) is 4. The number of hydrogen-bond acceptors (Lipinski definition) is 4. The number of rotatable bonds is 4. The van der Waals surface area contributed by atoms with Crippen molar-refractivity contribution in [2.45, 2.75) is 84.5 Å². The van der Waals surface area contributed by atoms with Gasteiger partial charge in [-0.1, -0.05) is 39.8 Å². The van der Waals surface area contributed by atoms with Crippen molar-refractivity contribution >= 4 is 0 Å². The van der Waals surface area contributed by atoms with E-state index >= 15 is 0 Å². The summed E-state index contributed by atoms with van der Waals surface area (Å²) < 4.78 is 7.13. The second-order valence-corrected chi connectivity index (χ2v) is 6.73. The van der Waals surface area contributed by atoms with E-state index in [1.54, 1.807) is 0 Å². The number of aryl methyl sites for hydroxylation is 2. The van der Waals surface area contributed by atoms with Gasteiger partial charge in [-0.15, -0.1) is 0 Å². The van der Waals surface area contributed by atoms with Gasteiger partial charge in [-0.3, -0.25) is 4.68 Å². The Morgan fingerprint density at radius 2 is 1.79 bits per heavy atom. The van der Waals surface area contributed by atoms with Crippen molar-refractivity contribution in [3.63, 3.8) is 0 Å². The molecule has 0 saturated heterocycles. The molecule has 0 spiro atoms. The van der Waals surface area contributed by atoms with E-state index in [0.717, 1.165) is 24.1 Å². The predicted molar refractivity (Wildman–Crippen MR) is 96.3 cm³/mol. The highest BCUT2D eigenvalue weighted by Gasteiger charge is 2.29. The maximum absolute atomic E-state index is 5.09. The van der Waals surface area contributed by atoms with Crippen LogP contribution in [0.15, 0.2) is 10.6 Å². The zero-order chi connectivity index (χ0) is 17.7. The van der Waals surface area contributed by atoms with Crippen LogP contribution in [0.4, 0.5) is 0 Å². The van der Waals surface area contributed by atoms with E-state index in [2.05, 4.69) is 42.1 Å². The van der Waals surface area contributed by atoms with Crippen LogP contribution in [0, 0.1) is 0 Å². The summed E-state index contributed by atoms with van der Waals surface area (Å²) in [7, 11) is 2.05. The van der Waals surface area contributed by atoms with Gasteiger partial charge in [0.1, 0.15) is 0 Å². The van der Waals surface area contributed by atoms with Crippen molar-refractivity contribution in [3.8, 4) is 0 Å². The van der Waals surface area contributed by atoms with Crippen LogP contribution < -0.4 is 0 Å². The lowest BCUT2D eigenvalue weighted by Crippen LogP contribution is -1.95. The molecule has 5 nitrogen and oxygen atoms in total. The molecule has 0 radical (unpaired) electrons. The molecule has 0 atom stereocenters. The third kappa shape index (κ3) is 4.92. The Bertz CT molecular complexity index is 605. The smallest absolute Gasteiger partial charge is 0.229 e. The van der Waals surface area contributed by atoms with Gasteiger partial charge in [0.25, 0.3) is 0 Å². The molecule has 2 heterocycles. The van der Waals surface area contributed by atoms with E-state index < -0.39 is 0 Å². The van der Waals surface area contributed by atoms with Crippen LogP contribution in [-0.2, 0) is 13.5 Å². The summed E-state index contributed by atoms with van der Waals surface area (Å²) in [6.45, 7) is 10.3. The molecule has 0 bridgehead atoms. The lowest BCUT2D eigenvalue weighted by atomic mass is 10.2. The van der Waals surface area contributed by atoms with E-state index in [9.17, 15) is 0 Å². The maximum Gasteiger partial charge on any atom is 0.229 e. The Labute approximate surface area is 145 Å². The molecule has 134 valence electrons. The van der Waals surface area contributed by atoms with Crippen molar-refractivity contribution in [1.29, 1.82) is 0 Å². The first-order valence-corrected chi connectivity index (χ1v) is 9.44. The third-order valence-electron chi connectivity index (χ3n) is 4.22. The van der Waals surface area contributed by atoms with Crippen molar-refractivity contribution < 1.29 is 4.52 Å². The van der Waals surface area contributed by atoms with Gasteiger partial charge in [0.2, 0.25) is 5.89 Å². The molecule has 0 aliphatic heterocycles. The zero-order valence-corrected chi connectivity index (χ0v) is 16.0. The molecule has 2 aromatic rings. The summed E-state index contributed by atoms with van der Waals surface area (Å²) in [4.78, 5) is 4.29. The summed E-state index contributed by atoms with van der Waals surface area (Å²) in [6, 6.07) is 2.25. The van der Waals surface area contributed by atoms with Crippen molar-refractivity contribution in [2.24, 2.45) is 7.05 Å². The molecule has 2 fully saturated rings. The topological polar surface area (TPSA) is 56.7 Å². The Balaban J connectivity index is 0.000000158. The van der Waals surface area contributed by atoms with Gasteiger partial charge in [-0.05, 0) is 38.2 Å². The average molecular weight is 332 g/mol. The van der Waals surface area contributed by atoms with Crippen LogP contribution in [0.5, 0.6) is 0 Å². The minimum atomic E-state index is 0.381. The van der Waals surface area contributed by atoms with Crippen molar-refractivity contribution in [1.82, 2.24) is 19.9 Å². The summed E-state index contributed by atoms with van der Waals surface area (Å²) in [5.74, 6) is 3.47. The highest BCUT2D eigenvalue weighted by Crippen LogP contribution is 2.40. The molecule has 2 saturated carbocycles. The van der Waals surface area contributed by atoms with Gasteiger partial charge in [0, 0.05) is 30.5 Å². The normalized spacial score (nSPS) is 16.3. The van der Waals surface area contributed by atoms with E-state index in [4.69, 9.17) is 4.52 Å². The lowest BCUT2D eigenvalue weighted by Gasteiger charge is -1.95. The SMILES string of the molecule is CC.CC(C)c1noc(C2CC2)n1.CCc1cc(C2CC2)n(C)n1. The first kappa shape index (κ1) is 18.7. The Morgan fingerprint density at radius 3 is 2.21 bits per heavy atom. The summed E-state index contributed by atoms with van der Waals surface area (Å²) >= 11 is 0. The van der Waals surface area contributed by atoms with Gasteiger partial charge >= 0.3 is 0 Å². The van der Waals surface area contributed by atoms with Crippen LogP contribution in [0.25, 0.3) is 0 Å². The fraction of sp³-hybridized carbons (Fsp3) is 0.737. The number of hydrogen-bond donors (Lipinski definition) is 0. The second kappa shape index (κ2) is 8.45. The maximum atomic E-state index is 5.09. The zero-order valence-electron chi connectivity index (χ0n) is 16.0. The third-order valence-corrected chi connectivity index (χ3v) is 4.22. The van der Waals surface area contributed by atoms with E-state index in [1.807, 2.05) is 25.6 Å². The monoisotopic (exact) mass is 332 g/mol. The van der Waals surface area contributed by atoms with Gasteiger partial charge in [-0.25, -0.2) is 0 Å². The first-order chi connectivity index (χ1) is 11.6. The fourth-order valence-corrected chi connectivity index (χ4v) is 2.46. The molecule has 2 aliphatic rings. The van der Waals surface area contributed by atoms with Crippen LogP contribution in [0.1, 0.15) is 101 Å². The minimum absolute atomic E-state index is 0.381. The molecule has 0 N–H and O–H groups in total. The van der Waals surface area contributed by atoms with Crippen LogP contribution in [0.3, 0.4) is 0 Å². The molecule has 0 aromatic carbocycles. The van der Waals surface area contributed by atoms with E-state index in [0.29, 0.717) is 11.8 Å². The first-order valence-electron chi connectivity index (χ1n) is 9.44. The fourth-order valence-electron chi connectivity index (χ4n) is 2.46. The molecule has 0 amide bonds. The molecule has 2 aromatic heterocycles. The van der Waals surface area contributed by atoms with Gasteiger partial charge in [0.05, 0.1) is 5.69 Å². The highest BCUT2D eigenvalue weighted by atomic mass is 16.5. The Kier molecular flexibility index (Phi) is 6.58. The van der Waals surface area contributed by atoms with Gasteiger partial charge in [-0.2, -0.15) is 10.1 Å². The van der Waals surface area contributed by atoms with Crippen LogP contribution in [-0.4, -0.2) is 19.9 Å². The highest BCUT2D eigenvalue weighted by molar-refractivity contribution is 5.18. The Hall–Kier alpha value is -1.65. The molecular weight excluding hydrogens is 300 g/mol. The summed E-state index contributed by atoms with van der Waals surface area (Å²) in [6.07, 6.45) is 6.23. The quantitative estimate of drug-likeness (QED) is 0.794. The minimum Gasteiger partial charge on any atom is -0.339 e. The van der Waals surface area contributed by atoms with E-state index in [-0.39, 0.29) is 0 Å².